The Morgan fingerprint density at radius 1 is 1.36 bits per heavy atom. The molecule has 0 amide bonds. The number of hydrogen-bond donors (Lipinski definition) is 2. The third-order valence-electron chi connectivity index (χ3n) is 1.44. The van der Waals surface area contributed by atoms with Crippen LogP contribution in [-0.2, 0) is 0 Å². The van der Waals surface area contributed by atoms with Crippen molar-refractivity contribution in [1.82, 2.24) is 4.98 Å². The summed E-state index contributed by atoms with van der Waals surface area (Å²) in [5.74, 6) is -0.440. The molecule has 0 aliphatic heterocycles. The number of halogens is 4. The van der Waals surface area contributed by atoms with Crippen LogP contribution in [0.3, 0.4) is 0 Å². The Morgan fingerprint density at radius 3 is 2.36 bits per heavy atom. The molecule has 0 bridgehead atoms. The maximum absolute atomic E-state index is 12.0. The summed E-state index contributed by atoms with van der Waals surface area (Å²) in [6, 6.07) is 1.78. The molecule has 1 rings (SSSR count). The molecule has 0 saturated heterocycles. The summed E-state index contributed by atoms with van der Waals surface area (Å²) in [6.45, 7) is 0. The normalized spacial score (nSPS) is 14.1. The van der Waals surface area contributed by atoms with E-state index in [9.17, 15) is 13.2 Å². The lowest BCUT2D eigenvalue weighted by Crippen LogP contribution is -2.21. The van der Waals surface area contributed by atoms with Crippen molar-refractivity contribution in [2.24, 2.45) is 0 Å². The lowest BCUT2D eigenvalue weighted by atomic mass is 10.2. The van der Waals surface area contributed by atoms with Crippen LogP contribution in [-0.4, -0.2) is 21.4 Å². The lowest BCUT2D eigenvalue weighted by Gasteiger charge is -2.13. The highest BCUT2D eigenvalue weighted by Gasteiger charge is 2.40. The van der Waals surface area contributed by atoms with Crippen LogP contribution in [0.1, 0.15) is 11.8 Å². The van der Waals surface area contributed by atoms with Gasteiger partial charge in [-0.2, -0.15) is 13.2 Å². The van der Waals surface area contributed by atoms with Crippen LogP contribution in [0.15, 0.2) is 12.1 Å². The van der Waals surface area contributed by atoms with E-state index in [1.165, 1.54) is 0 Å². The predicted octanol–water partition coefficient (Wildman–Crippen LogP) is 2.04. The largest absolute Gasteiger partial charge is 0.505 e. The van der Waals surface area contributed by atoms with Gasteiger partial charge < -0.3 is 10.2 Å². The first-order valence-electron chi connectivity index (χ1n) is 3.42. The average Bonchev–Trinajstić information content (AvgIpc) is 2.07. The number of aromatic nitrogens is 1. The third kappa shape index (κ3) is 2.27. The van der Waals surface area contributed by atoms with Gasteiger partial charge >= 0.3 is 6.18 Å². The van der Waals surface area contributed by atoms with Crippen LogP contribution < -0.4 is 0 Å². The number of aliphatic hydroxyl groups excluding tert-OH is 1. The Kier molecular flexibility index (Phi) is 2.86. The van der Waals surface area contributed by atoms with Crippen molar-refractivity contribution in [3.8, 4) is 5.75 Å². The van der Waals surface area contributed by atoms with Crippen LogP contribution in [0.25, 0.3) is 0 Å². The molecule has 0 fully saturated rings. The fraction of sp³-hybridized carbons (Fsp3) is 0.286. The second kappa shape index (κ2) is 3.62. The minimum Gasteiger partial charge on any atom is -0.505 e. The molecule has 0 aromatic carbocycles. The summed E-state index contributed by atoms with van der Waals surface area (Å²) >= 11 is 5.27. The smallest absolute Gasteiger partial charge is 0.420 e. The van der Waals surface area contributed by atoms with Gasteiger partial charge in [-0.3, -0.25) is 0 Å². The van der Waals surface area contributed by atoms with E-state index in [1.807, 2.05) is 0 Å². The van der Waals surface area contributed by atoms with E-state index in [1.54, 1.807) is 0 Å². The number of nitrogens with zero attached hydrogens (tertiary/aromatic N) is 1. The van der Waals surface area contributed by atoms with Gasteiger partial charge in [-0.1, -0.05) is 11.6 Å². The van der Waals surface area contributed by atoms with Gasteiger partial charge in [0, 0.05) is 0 Å². The van der Waals surface area contributed by atoms with Crippen LogP contribution in [0.5, 0.6) is 5.75 Å². The van der Waals surface area contributed by atoms with Crippen LogP contribution in [0, 0.1) is 0 Å². The fourth-order valence-corrected chi connectivity index (χ4v) is 0.922. The van der Waals surface area contributed by atoms with E-state index in [0.29, 0.717) is 0 Å². The predicted molar refractivity (Wildman–Crippen MR) is 41.9 cm³/mol. The van der Waals surface area contributed by atoms with Gasteiger partial charge in [0.1, 0.15) is 0 Å². The Hall–Kier alpha value is -1.01. The summed E-state index contributed by atoms with van der Waals surface area (Å²) in [7, 11) is 0. The Bertz CT molecular complexity index is 342. The van der Waals surface area contributed by atoms with Crippen LogP contribution in [0.4, 0.5) is 13.2 Å². The van der Waals surface area contributed by atoms with Crippen molar-refractivity contribution in [3.05, 3.63) is 23.0 Å². The first-order chi connectivity index (χ1) is 6.32. The molecule has 1 atom stereocenters. The molecule has 78 valence electrons. The van der Waals surface area contributed by atoms with Gasteiger partial charge in [0.2, 0.25) is 0 Å². The van der Waals surface area contributed by atoms with E-state index in [2.05, 4.69) is 4.98 Å². The second-order valence-electron chi connectivity index (χ2n) is 2.49. The van der Waals surface area contributed by atoms with E-state index in [4.69, 9.17) is 21.8 Å². The summed E-state index contributed by atoms with van der Waals surface area (Å²) < 4.78 is 35.9. The Labute approximate surface area is 81.8 Å². The molecule has 14 heavy (non-hydrogen) atoms. The van der Waals surface area contributed by atoms with Gasteiger partial charge in [0.15, 0.2) is 17.0 Å². The standard InChI is InChI=1S/C7H5ClF3NO2/c8-6-4(13)2-1-3(12-6)5(14)7(9,10)11/h1-2,5,13-14H/t5-/m1/s1. The first-order valence-corrected chi connectivity index (χ1v) is 3.80. The van der Waals surface area contributed by atoms with E-state index < -0.39 is 28.9 Å². The van der Waals surface area contributed by atoms with E-state index in [0.717, 1.165) is 12.1 Å². The number of hydrogen-bond acceptors (Lipinski definition) is 3. The maximum Gasteiger partial charge on any atom is 0.420 e. The molecule has 1 aromatic heterocycles. The number of rotatable bonds is 1. The monoisotopic (exact) mass is 227 g/mol. The lowest BCUT2D eigenvalue weighted by molar-refractivity contribution is -0.207. The molecule has 0 radical (unpaired) electrons. The molecule has 1 heterocycles. The molecule has 0 aliphatic carbocycles. The molecule has 1 aromatic rings. The van der Waals surface area contributed by atoms with Gasteiger partial charge in [-0.15, -0.1) is 0 Å². The molecule has 0 aliphatic rings. The highest BCUT2D eigenvalue weighted by atomic mass is 35.5. The zero-order chi connectivity index (χ0) is 10.9. The number of alkyl halides is 3. The molecule has 0 spiro atoms. The van der Waals surface area contributed by atoms with Crippen molar-refractivity contribution < 1.29 is 23.4 Å². The van der Waals surface area contributed by atoms with Crippen molar-refractivity contribution in [2.45, 2.75) is 12.3 Å². The SMILES string of the molecule is Oc1ccc([C@@H](O)C(F)(F)F)nc1Cl. The molecular formula is C7H5ClF3NO2. The zero-order valence-corrected chi connectivity index (χ0v) is 7.34. The quantitative estimate of drug-likeness (QED) is 0.722. The highest BCUT2D eigenvalue weighted by molar-refractivity contribution is 6.30. The summed E-state index contributed by atoms with van der Waals surface area (Å²) in [6.07, 6.45) is -7.49. The van der Waals surface area contributed by atoms with Gasteiger partial charge in [-0.25, -0.2) is 4.98 Å². The summed E-state index contributed by atoms with van der Waals surface area (Å²) in [4.78, 5) is 3.18. The second-order valence-corrected chi connectivity index (χ2v) is 2.85. The molecule has 0 unspecified atom stereocenters. The molecule has 2 N–H and O–H groups in total. The fourth-order valence-electron chi connectivity index (χ4n) is 0.761. The number of aliphatic hydroxyl groups is 1. The minimum absolute atomic E-state index is 0.440. The van der Waals surface area contributed by atoms with Crippen molar-refractivity contribution in [2.75, 3.05) is 0 Å². The topological polar surface area (TPSA) is 53.4 Å². The zero-order valence-electron chi connectivity index (χ0n) is 6.59. The molecule has 0 saturated carbocycles. The highest BCUT2D eigenvalue weighted by Crippen LogP contribution is 2.33. The average molecular weight is 228 g/mol. The van der Waals surface area contributed by atoms with Crippen LogP contribution in [0.2, 0.25) is 5.15 Å². The Morgan fingerprint density at radius 2 is 1.93 bits per heavy atom. The molecule has 7 heteroatoms. The van der Waals surface area contributed by atoms with Crippen LogP contribution >= 0.6 is 11.6 Å². The van der Waals surface area contributed by atoms with E-state index in [-0.39, 0.29) is 0 Å². The number of pyridine rings is 1. The van der Waals surface area contributed by atoms with Gasteiger partial charge in [0.05, 0.1) is 5.69 Å². The minimum atomic E-state index is -4.80. The molecule has 3 nitrogen and oxygen atoms in total. The first kappa shape index (κ1) is 11.1. The third-order valence-corrected chi connectivity index (χ3v) is 1.72. The number of aromatic hydroxyl groups is 1. The maximum atomic E-state index is 12.0. The summed E-state index contributed by atoms with van der Waals surface area (Å²) in [5.41, 5.74) is -0.652. The van der Waals surface area contributed by atoms with Crippen molar-refractivity contribution >= 4 is 11.6 Å². The van der Waals surface area contributed by atoms with Gasteiger partial charge in [0.25, 0.3) is 0 Å². The van der Waals surface area contributed by atoms with E-state index >= 15 is 0 Å². The van der Waals surface area contributed by atoms with Gasteiger partial charge in [-0.05, 0) is 12.1 Å². The Balaban J connectivity index is 3.03. The van der Waals surface area contributed by atoms with Crippen molar-refractivity contribution in [1.29, 1.82) is 0 Å². The summed E-state index contributed by atoms with van der Waals surface area (Å²) in [5, 5.41) is 17.1. The van der Waals surface area contributed by atoms with Crippen molar-refractivity contribution in [3.63, 3.8) is 0 Å². The molecular weight excluding hydrogens is 223 g/mol.